The lowest BCUT2D eigenvalue weighted by Gasteiger charge is -2.11. The molecule has 7 nitrogen and oxygen atoms in total. The van der Waals surface area contributed by atoms with Crippen molar-refractivity contribution in [2.75, 3.05) is 13.2 Å². The monoisotopic (exact) mass is 282 g/mol. The van der Waals surface area contributed by atoms with E-state index in [0.717, 1.165) is 12.8 Å². The van der Waals surface area contributed by atoms with Crippen molar-refractivity contribution in [3.8, 4) is 0 Å². The van der Waals surface area contributed by atoms with E-state index in [4.69, 9.17) is 10.3 Å². The van der Waals surface area contributed by atoms with Gasteiger partial charge >= 0.3 is 0 Å². The second kappa shape index (κ2) is 6.03. The van der Waals surface area contributed by atoms with Gasteiger partial charge in [-0.2, -0.15) is 0 Å². The molecular formula is C11H14N4O3S. The molecule has 1 aromatic rings. The lowest BCUT2D eigenvalue weighted by molar-refractivity contribution is 0.114. The van der Waals surface area contributed by atoms with Crippen LogP contribution in [-0.4, -0.2) is 27.7 Å². The first-order valence-corrected chi connectivity index (χ1v) is 7.36. The molecule has 0 radical (unpaired) electrons. The SMILES string of the molecule is [N-]=[N+]=Nc1ccc(S(=O)(=O)NCC2CCCO2)cc1. The van der Waals surface area contributed by atoms with E-state index in [-0.39, 0.29) is 17.5 Å². The number of benzene rings is 1. The topological polar surface area (TPSA) is 104 Å². The van der Waals surface area contributed by atoms with Gasteiger partial charge in [0.05, 0.1) is 11.0 Å². The third-order valence-corrected chi connectivity index (χ3v) is 4.27. The maximum atomic E-state index is 12.0. The molecule has 19 heavy (non-hydrogen) atoms. The molecule has 1 aliphatic heterocycles. The summed E-state index contributed by atoms with van der Waals surface area (Å²) in [5.74, 6) is 0. The summed E-state index contributed by atoms with van der Waals surface area (Å²) in [4.78, 5) is 2.77. The molecule has 1 atom stereocenters. The molecule has 0 spiro atoms. The number of azide groups is 1. The Hall–Kier alpha value is -1.60. The number of hydrogen-bond acceptors (Lipinski definition) is 4. The largest absolute Gasteiger partial charge is 0.377 e. The van der Waals surface area contributed by atoms with Crippen molar-refractivity contribution in [2.24, 2.45) is 5.11 Å². The van der Waals surface area contributed by atoms with Crippen LogP contribution < -0.4 is 4.72 Å². The average Bonchev–Trinajstić information content (AvgIpc) is 2.91. The highest BCUT2D eigenvalue weighted by Crippen LogP contribution is 2.17. The van der Waals surface area contributed by atoms with Crippen LogP contribution >= 0.6 is 0 Å². The molecule has 102 valence electrons. The van der Waals surface area contributed by atoms with Crippen molar-refractivity contribution < 1.29 is 13.2 Å². The zero-order valence-corrected chi connectivity index (χ0v) is 11.0. The van der Waals surface area contributed by atoms with Gasteiger partial charge in [-0.05, 0) is 30.5 Å². The van der Waals surface area contributed by atoms with Gasteiger partial charge in [-0.15, -0.1) is 0 Å². The average molecular weight is 282 g/mol. The van der Waals surface area contributed by atoms with Crippen LogP contribution in [-0.2, 0) is 14.8 Å². The summed E-state index contributed by atoms with van der Waals surface area (Å²) in [6.07, 6.45) is 1.79. The molecule has 1 fully saturated rings. The van der Waals surface area contributed by atoms with E-state index in [1.165, 1.54) is 24.3 Å². The summed E-state index contributed by atoms with van der Waals surface area (Å²) in [6.45, 7) is 0.966. The second-order valence-electron chi connectivity index (χ2n) is 4.17. The van der Waals surface area contributed by atoms with E-state index in [2.05, 4.69) is 14.7 Å². The molecule has 1 N–H and O–H groups in total. The summed E-state index contributed by atoms with van der Waals surface area (Å²) in [5, 5.41) is 3.38. The summed E-state index contributed by atoms with van der Waals surface area (Å²) < 4.78 is 31.8. The van der Waals surface area contributed by atoms with Crippen molar-refractivity contribution >= 4 is 15.7 Å². The standard InChI is InChI=1S/C11H14N4O3S/c12-15-14-9-3-5-11(6-4-9)19(16,17)13-8-10-2-1-7-18-10/h3-6,10,13H,1-2,7-8H2. The van der Waals surface area contributed by atoms with Crippen LogP contribution in [0.5, 0.6) is 0 Å². The first-order valence-electron chi connectivity index (χ1n) is 5.88. The van der Waals surface area contributed by atoms with Crippen molar-refractivity contribution in [2.45, 2.75) is 23.8 Å². The Bertz CT molecular complexity index is 572. The molecule has 1 heterocycles. The predicted molar refractivity (Wildman–Crippen MR) is 69.4 cm³/mol. The van der Waals surface area contributed by atoms with Crippen molar-refractivity contribution in [1.82, 2.24) is 4.72 Å². The van der Waals surface area contributed by atoms with Crippen LogP contribution in [0.3, 0.4) is 0 Å². The van der Waals surface area contributed by atoms with Gasteiger partial charge < -0.3 is 4.74 Å². The zero-order valence-electron chi connectivity index (χ0n) is 10.2. The normalized spacial score (nSPS) is 19.1. The fourth-order valence-electron chi connectivity index (χ4n) is 1.83. The molecule has 0 aliphatic carbocycles. The van der Waals surface area contributed by atoms with E-state index in [0.29, 0.717) is 12.3 Å². The minimum absolute atomic E-state index is 0.0442. The molecule has 8 heteroatoms. The number of rotatable bonds is 5. The smallest absolute Gasteiger partial charge is 0.240 e. The van der Waals surface area contributed by atoms with Crippen LogP contribution in [0.1, 0.15) is 12.8 Å². The number of nitrogens with one attached hydrogen (secondary N) is 1. The van der Waals surface area contributed by atoms with Crippen molar-refractivity contribution in [3.05, 3.63) is 34.7 Å². The number of hydrogen-bond donors (Lipinski definition) is 1. The third-order valence-electron chi connectivity index (χ3n) is 2.83. The van der Waals surface area contributed by atoms with Crippen LogP contribution in [0, 0.1) is 0 Å². The summed E-state index contributed by atoms with van der Waals surface area (Å²) in [7, 11) is -3.54. The number of sulfonamides is 1. The van der Waals surface area contributed by atoms with Gasteiger partial charge in [-0.3, -0.25) is 0 Å². The van der Waals surface area contributed by atoms with Crippen molar-refractivity contribution in [3.63, 3.8) is 0 Å². The first-order chi connectivity index (χ1) is 9.12. The maximum Gasteiger partial charge on any atom is 0.240 e. The highest BCUT2D eigenvalue weighted by atomic mass is 32.2. The van der Waals surface area contributed by atoms with Gasteiger partial charge in [0, 0.05) is 23.8 Å². The molecule has 1 aliphatic rings. The number of ether oxygens (including phenoxy) is 1. The van der Waals surface area contributed by atoms with E-state index >= 15 is 0 Å². The van der Waals surface area contributed by atoms with Gasteiger partial charge in [0.1, 0.15) is 0 Å². The Morgan fingerprint density at radius 1 is 1.42 bits per heavy atom. The van der Waals surface area contributed by atoms with E-state index in [1.807, 2.05) is 0 Å². The minimum Gasteiger partial charge on any atom is -0.377 e. The lowest BCUT2D eigenvalue weighted by atomic mass is 10.2. The molecule has 2 rings (SSSR count). The molecule has 0 saturated carbocycles. The predicted octanol–water partition coefficient (Wildman–Crippen LogP) is 2.09. The van der Waals surface area contributed by atoms with Crippen LogP contribution in [0.25, 0.3) is 10.4 Å². The third kappa shape index (κ3) is 3.68. The summed E-state index contributed by atoms with van der Waals surface area (Å²) in [6, 6.07) is 5.73. The first kappa shape index (κ1) is 13.8. The van der Waals surface area contributed by atoms with Gasteiger partial charge in [-0.1, -0.05) is 17.2 Å². The number of nitrogens with zero attached hydrogens (tertiary/aromatic N) is 3. The quantitative estimate of drug-likeness (QED) is 0.507. The van der Waals surface area contributed by atoms with E-state index in [1.54, 1.807) is 0 Å². The Morgan fingerprint density at radius 2 is 2.16 bits per heavy atom. The Balaban J connectivity index is 2.03. The highest BCUT2D eigenvalue weighted by molar-refractivity contribution is 7.89. The van der Waals surface area contributed by atoms with Crippen LogP contribution in [0.2, 0.25) is 0 Å². The molecule has 0 aromatic heterocycles. The Labute approximate surface area is 111 Å². The summed E-state index contributed by atoms with van der Waals surface area (Å²) >= 11 is 0. The molecule has 0 bridgehead atoms. The molecule has 1 saturated heterocycles. The van der Waals surface area contributed by atoms with E-state index in [9.17, 15) is 8.42 Å². The van der Waals surface area contributed by atoms with Gasteiger partial charge in [0.15, 0.2) is 0 Å². The highest BCUT2D eigenvalue weighted by Gasteiger charge is 2.19. The summed E-state index contributed by atoms with van der Waals surface area (Å²) in [5.41, 5.74) is 8.64. The molecule has 0 amide bonds. The van der Waals surface area contributed by atoms with Crippen LogP contribution in [0.4, 0.5) is 5.69 Å². The second-order valence-corrected chi connectivity index (χ2v) is 5.94. The van der Waals surface area contributed by atoms with E-state index < -0.39 is 10.0 Å². The lowest BCUT2D eigenvalue weighted by Crippen LogP contribution is -2.31. The fourth-order valence-corrected chi connectivity index (χ4v) is 2.90. The zero-order chi connectivity index (χ0) is 13.7. The maximum absolute atomic E-state index is 12.0. The molecule has 1 unspecified atom stereocenters. The Morgan fingerprint density at radius 3 is 2.74 bits per heavy atom. The minimum atomic E-state index is -3.54. The van der Waals surface area contributed by atoms with Crippen molar-refractivity contribution in [1.29, 1.82) is 0 Å². The molecular weight excluding hydrogens is 268 g/mol. The Kier molecular flexibility index (Phi) is 4.39. The van der Waals surface area contributed by atoms with Crippen LogP contribution in [0.15, 0.2) is 34.3 Å². The van der Waals surface area contributed by atoms with Gasteiger partial charge in [0.2, 0.25) is 10.0 Å². The fraction of sp³-hybridized carbons (Fsp3) is 0.455. The van der Waals surface area contributed by atoms with Gasteiger partial charge in [0.25, 0.3) is 0 Å². The van der Waals surface area contributed by atoms with Gasteiger partial charge in [-0.25, -0.2) is 13.1 Å². The molecule has 1 aromatic carbocycles.